The van der Waals surface area contributed by atoms with Gasteiger partial charge in [-0.1, -0.05) is 22.0 Å². The predicted molar refractivity (Wildman–Crippen MR) is 78.8 cm³/mol. The number of nitro benzene ring substituents is 1. The van der Waals surface area contributed by atoms with Crippen LogP contribution in [0.15, 0.2) is 36.4 Å². The molecule has 110 valence electrons. The van der Waals surface area contributed by atoms with E-state index in [1.807, 2.05) is 0 Å². The van der Waals surface area contributed by atoms with Crippen LogP contribution in [0.5, 0.6) is 17.2 Å². The van der Waals surface area contributed by atoms with Crippen molar-refractivity contribution in [2.45, 2.75) is 5.33 Å². The molecule has 0 unspecified atom stereocenters. The minimum Gasteiger partial charge on any atom is -0.490 e. The smallest absolute Gasteiger partial charge is 0.314 e. The molecule has 2 aromatic rings. The van der Waals surface area contributed by atoms with Crippen molar-refractivity contribution in [2.24, 2.45) is 0 Å². The van der Waals surface area contributed by atoms with Gasteiger partial charge in [0.2, 0.25) is 0 Å². The van der Waals surface area contributed by atoms with Crippen molar-refractivity contribution >= 4 is 21.6 Å². The molecule has 0 aliphatic heterocycles. The Balaban J connectivity index is 2.31. The van der Waals surface area contributed by atoms with E-state index >= 15 is 0 Å². The summed E-state index contributed by atoms with van der Waals surface area (Å²) in [6, 6.07) is 8.58. The van der Waals surface area contributed by atoms with Gasteiger partial charge < -0.3 is 9.47 Å². The fourth-order valence-electron chi connectivity index (χ4n) is 1.71. The van der Waals surface area contributed by atoms with Gasteiger partial charge in [0.1, 0.15) is 5.75 Å². The monoisotopic (exact) mass is 355 g/mol. The molecule has 5 nitrogen and oxygen atoms in total. The second kappa shape index (κ2) is 6.53. The van der Waals surface area contributed by atoms with Crippen LogP contribution in [0, 0.1) is 15.9 Å². The van der Waals surface area contributed by atoms with Gasteiger partial charge in [0.15, 0.2) is 17.3 Å². The number of benzene rings is 2. The zero-order chi connectivity index (χ0) is 15.4. The summed E-state index contributed by atoms with van der Waals surface area (Å²) < 4.78 is 24.1. The lowest BCUT2D eigenvalue weighted by atomic mass is 10.2. The van der Waals surface area contributed by atoms with Crippen molar-refractivity contribution in [2.75, 3.05) is 7.11 Å². The predicted octanol–water partition coefficient (Wildman–Crippen LogP) is 4.43. The summed E-state index contributed by atoms with van der Waals surface area (Å²) in [5.41, 5.74) is 0.521. The number of halogens is 2. The summed E-state index contributed by atoms with van der Waals surface area (Å²) in [5.74, 6) is -0.264. The minimum atomic E-state index is -0.587. The quantitative estimate of drug-likeness (QED) is 0.452. The van der Waals surface area contributed by atoms with Crippen LogP contribution >= 0.6 is 15.9 Å². The first-order valence-electron chi connectivity index (χ1n) is 5.90. The molecule has 0 N–H and O–H groups in total. The molecule has 0 heterocycles. The standard InChI is InChI=1S/C14H11BrFNO4/c1-20-14-5-3-10(7-12(14)17(18)19)21-13-4-2-9(8-15)6-11(13)16/h2-7H,8H2,1H3. The first kappa shape index (κ1) is 15.2. The molecule has 0 aliphatic carbocycles. The van der Waals surface area contributed by atoms with Crippen LogP contribution in [0.1, 0.15) is 5.56 Å². The van der Waals surface area contributed by atoms with E-state index in [1.54, 1.807) is 6.07 Å². The van der Waals surface area contributed by atoms with Crippen LogP contribution in [0.3, 0.4) is 0 Å². The Morgan fingerprint density at radius 1 is 1.24 bits per heavy atom. The van der Waals surface area contributed by atoms with E-state index in [9.17, 15) is 14.5 Å². The Morgan fingerprint density at radius 3 is 2.52 bits per heavy atom. The van der Waals surface area contributed by atoms with Gasteiger partial charge in [-0.05, 0) is 29.8 Å². The number of ether oxygens (including phenoxy) is 2. The molecule has 0 radical (unpaired) electrons. The van der Waals surface area contributed by atoms with Crippen molar-refractivity contribution in [3.05, 3.63) is 57.9 Å². The van der Waals surface area contributed by atoms with Crippen molar-refractivity contribution in [3.8, 4) is 17.2 Å². The Kier molecular flexibility index (Phi) is 4.74. The maximum absolute atomic E-state index is 13.8. The van der Waals surface area contributed by atoms with E-state index < -0.39 is 10.7 Å². The summed E-state index contributed by atoms with van der Waals surface area (Å²) in [5, 5.41) is 11.5. The van der Waals surface area contributed by atoms with E-state index in [1.165, 1.54) is 37.4 Å². The van der Waals surface area contributed by atoms with E-state index in [4.69, 9.17) is 9.47 Å². The highest BCUT2D eigenvalue weighted by Gasteiger charge is 2.16. The molecule has 7 heteroatoms. The Morgan fingerprint density at radius 2 is 1.95 bits per heavy atom. The average molecular weight is 356 g/mol. The summed E-state index contributed by atoms with van der Waals surface area (Å²) in [6.45, 7) is 0. The molecule has 0 amide bonds. The maximum Gasteiger partial charge on any atom is 0.314 e. The van der Waals surface area contributed by atoms with Crippen LogP contribution in [0.25, 0.3) is 0 Å². The molecule has 0 aromatic heterocycles. The van der Waals surface area contributed by atoms with Gasteiger partial charge in [-0.25, -0.2) is 4.39 Å². The zero-order valence-corrected chi connectivity index (χ0v) is 12.6. The third kappa shape index (κ3) is 3.49. The molecule has 0 aliphatic rings. The molecule has 0 bridgehead atoms. The topological polar surface area (TPSA) is 61.6 Å². The van der Waals surface area contributed by atoms with Gasteiger partial charge in [-0.3, -0.25) is 10.1 Å². The summed E-state index contributed by atoms with van der Waals surface area (Å²) >= 11 is 3.23. The summed E-state index contributed by atoms with van der Waals surface area (Å²) in [7, 11) is 1.33. The number of methoxy groups -OCH3 is 1. The molecule has 0 spiro atoms. The molecule has 2 rings (SSSR count). The molecule has 2 aromatic carbocycles. The first-order valence-corrected chi connectivity index (χ1v) is 7.02. The van der Waals surface area contributed by atoms with Crippen LogP contribution in [0.2, 0.25) is 0 Å². The van der Waals surface area contributed by atoms with Crippen LogP contribution < -0.4 is 9.47 Å². The maximum atomic E-state index is 13.8. The SMILES string of the molecule is COc1ccc(Oc2ccc(CBr)cc2F)cc1[N+](=O)[O-]. The Bertz CT molecular complexity index is 678. The van der Waals surface area contributed by atoms with Crippen LogP contribution in [-0.4, -0.2) is 12.0 Å². The second-order valence-corrected chi connectivity index (χ2v) is 4.65. The molecule has 21 heavy (non-hydrogen) atoms. The highest BCUT2D eigenvalue weighted by atomic mass is 79.9. The highest BCUT2D eigenvalue weighted by Crippen LogP contribution is 2.33. The molecule has 0 atom stereocenters. The fraction of sp³-hybridized carbons (Fsp3) is 0.143. The normalized spacial score (nSPS) is 10.2. The molecule has 0 fully saturated rings. The lowest BCUT2D eigenvalue weighted by Gasteiger charge is -2.09. The third-order valence-electron chi connectivity index (χ3n) is 2.73. The Labute approximate surface area is 128 Å². The summed E-state index contributed by atoms with van der Waals surface area (Å²) in [4.78, 5) is 10.3. The number of nitrogens with zero attached hydrogens (tertiary/aromatic N) is 1. The first-order chi connectivity index (χ1) is 10.0. The summed E-state index contributed by atoms with van der Waals surface area (Å²) in [6.07, 6.45) is 0. The van der Waals surface area contributed by atoms with Crippen molar-refractivity contribution in [3.63, 3.8) is 0 Å². The third-order valence-corrected chi connectivity index (χ3v) is 3.37. The van der Waals surface area contributed by atoms with Crippen molar-refractivity contribution in [1.29, 1.82) is 0 Å². The molecular formula is C14H11BrFNO4. The Hall–Kier alpha value is -2.15. The molecule has 0 saturated carbocycles. The van der Waals surface area contributed by atoms with E-state index in [2.05, 4.69) is 15.9 Å². The van der Waals surface area contributed by atoms with Gasteiger partial charge in [-0.2, -0.15) is 0 Å². The van der Waals surface area contributed by atoms with Crippen molar-refractivity contribution in [1.82, 2.24) is 0 Å². The van der Waals surface area contributed by atoms with Gasteiger partial charge in [0.05, 0.1) is 18.1 Å². The number of hydrogen-bond acceptors (Lipinski definition) is 4. The van der Waals surface area contributed by atoms with Crippen molar-refractivity contribution < 1.29 is 18.8 Å². The minimum absolute atomic E-state index is 0.000773. The van der Waals surface area contributed by atoms with Crippen LogP contribution in [0.4, 0.5) is 10.1 Å². The van der Waals surface area contributed by atoms with E-state index in [0.29, 0.717) is 5.33 Å². The van der Waals surface area contributed by atoms with Gasteiger partial charge in [-0.15, -0.1) is 0 Å². The van der Waals surface area contributed by atoms with E-state index in [0.717, 1.165) is 5.56 Å². The lowest BCUT2D eigenvalue weighted by molar-refractivity contribution is -0.385. The average Bonchev–Trinajstić information content (AvgIpc) is 2.49. The number of alkyl halides is 1. The number of rotatable bonds is 5. The van der Waals surface area contributed by atoms with Gasteiger partial charge in [0.25, 0.3) is 0 Å². The van der Waals surface area contributed by atoms with Crippen LogP contribution in [-0.2, 0) is 5.33 Å². The lowest BCUT2D eigenvalue weighted by Crippen LogP contribution is -1.95. The molecule has 0 saturated heterocycles. The number of nitro groups is 1. The zero-order valence-electron chi connectivity index (χ0n) is 11.0. The largest absolute Gasteiger partial charge is 0.490 e. The molecular weight excluding hydrogens is 345 g/mol. The van der Waals surface area contributed by atoms with E-state index in [-0.39, 0.29) is 22.9 Å². The van der Waals surface area contributed by atoms with Gasteiger partial charge in [0, 0.05) is 5.33 Å². The second-order valence-electron chi connectivity index (χ2n) is 4.09. The number of hydrogen-bond donors (Lipinski definition) is 0. The van der Waals surface area contributed by atoms with Gasteiger partial charge >= 0.3 is 5.69 Å². The highest BCUT2D eigenvalue weighted by molar-refractivity contribution is 9.08. The fourth-order valence-corrected chi connectivity index (χ4v) is 2.06.